The van der Waals surface area contributed by atoms with Crippen LogP contribution >= 0.6 is 34.7 Å². The van der Waals surface area contributed by atoms with Gasteiger partial charge in [-0.3, -0.25) is 14.5 Å². The summed E-state index contributed by atoms with van der Waals surface area (Å²) >= 11 is 14.9. The molecule has 18 heteroatoms. The third-order valence-electron chi connectivity index (χ3n) is 13.2. The van der Waals surface area contributed by atoms with Crippen LogP contribution in [0.4, 0.5) is 19.6 Å². The highest BCUT2D eigenvalue weighted by Gasteiger charge is 2.28. The second kappa shape index (κ2) is 21.0. The molecule has 2 aliphatic rings. The number of carbonyl (C=O) groups is 2. The van der Waals surface area contributed by atoms with E-state index in [1.165, 1.54) is 35.8 Å². The molecule has 4 heterocycles. The van der Waals surface area contributed by atoms with Gasteiger partial charge in [-0.2, -0.15) is 4.37 Å². The van der Waals surface area contributed by atoms with Crippen molar-refractivity contribution in [1.82, 2.24) is 29.3 Å². The Morgan fingerprint density at radius 1 is 0.767 bits per heavy atom. The maximum atomic E-state index is 16.4. The zero-order valence-corrected chi connectivity index (χ0v) is 42.2. The number of carbonyl (C=O) groups excluding carboxylic acids is 2. The van der Waals surface area contributed by atoms with Gasteiger partial charge >= 0.3 is 0 Å². The van der Waals surface area contributed by atoms with Crippen LogP contribution in [0, 0.1) is 11.6 Å². The summed E-state index contributed by atoms with van der Waals surface area (Å²) in [5.74, 6) is 0.0873. The summed E-state index contributed by atoms with van der Waals surface area (Å²) in [5, 5.41) is 24.6. The minimum atomic E-state index is -0.647. The molecule has 0 unspecified atom stereocenters. The number of aromatic hydroxyl groups is 1. The fourth-order valence-electron chi connectivity index (χ4n) is 9.53. The number of likely N-dealkylation sites (N-methyl/N-ethyl adjacent to an activating group) is 1. The summed E-state index contributed by atoms with van der Waals surface area (Å²) < 4.78 is 48.2. The Morgan fingerprint density at radius 3 is 2.25 bits per heavy atom. The number of piperazine rings is 2. The van der Waals surface area contributed by atoms with Gasteiger partial charge in [-0.05, 0) is 101 Å². The van der Waals surface area contributed by atoms with Gasteiger partial charge in [0.2, 0.25) is 17.7 Å². The number of hydrogen-bond acceptors (Lipinski definition) is 12. The number of amides is 2. The largest absolute Gasteiger partial charge is 0.507 e. The van der Waals surface area contributed by atoms with Gasteiger partial charge in [0.05, 0.1) is 23.1 Å². The van der Waals surface area contributed by atoms with Crippen LogP contribution in [0.5, 0.6) is 23.1 Å². The number of benzene rings is 6. The highest BCUT2D eigenvalue weighted by Crippen LogP contribution is 2.45. The second-order valence-corrected chi connectivity index (χ2v) is 19.4. The molecule has 2 fully saturated rings. The number of nitrogens with zero attached hydrogens (tertiary/aromatic N) is 8. The molecule has 10 rings (SSSR count). The number of phenols is 1. The number of fused-ring (bicyclic) bond motifs is 3. The fourth-order valence-corrected chi connectivity index (χ4v) is 11.0. The van der Waals surface area contributed by atoms with E-state index in [1.54, 1.807) is 53.3 Å². The van der Waals surface area contributed by atoms with Crippen LogP contribution in [0.25, 0.3) is 54.7 Å². The number of hydrogen-bond donors (Lipinski definition) is 1. The van der Waals surface area contributed by atoms with Crippen molar-refractivity contribution in [3.05, 3.63) is 149 Å². The number of aromatic nitrogens is 3. The minimum absolute atomic E-state index is 0.0564. The predicted octanol–water partition coefficient (Wildman–Crippen LogP) is 11.0. The molecular weight excluding hydrogens is 994 g/mol. The van der Waals surface area contributed by atoms with Crippen LogP contribution in [-0.2, 0) is 16.1 Å². The Bertz CT molecular complexity index is 3470. The predicted molar refractivity (Wildman–Crippen MR) is 285 cm³/mol. The molecule has 2 aromatic heterocycles. The first-order valence-corrected chi connectivity index (χ1v) is 25.1. The van der Waals surface area contributed by atoms with Gasteiger partial charge in [0.1, 0.15) is 33.6 Å². The normalized spacial score (nSPS) is 14.3. The van der Waals surface area contributed by atoms with E-state index in [1.807, 2.05) is 66.6 Å². The van der Waals surface area contributed by atoms with E-state index >= 15 is 8.78 Å². The molecule has 8 aromatic rings. The highest BCUT2D eigenvalue weighted by atomic mass is 35.5. The summed E-state index contributed by atoms with van der Waals surface area (Å²) in [5.41, 5.74) is 2.28. The van der Waals surface area contributed by atoms with Crippen LogP contribution in [0.15, 0.2) is 122 Å². The summed E-state index contributed by atoms with van der Waals surface area (Å²) in [6, 6.07) is 28.1. The first-order chi connectivity index (χ1) is 35.4. The quantitative estimate of drug-likeness (QED) is 0.111. The molecule has 0 aliphatic carbocycles. The van der Waals surface area contributed by atoms with Crippen LogP contribution in [0.1, 0.15) is 5.56 Å². The minimum Gasteiger partial charge on any atom is -0.507 e. The maximum absolute atomic E-state index is 16.4. The Balaban J connectivity index is 0.789. The van der Waals surface area contributed by atoms with E-state index in [0.717, 1.165) is 21.3 Å². The van der Waals surface area contributed by atoms with Gasteiger partial charge < -0.3 is 34.2 Å². The van der Waals surface area contributed by atoms with Crippen LogP contribution in [0.3, 0.4) is 0 Å². The molecule has 1 N–H and O–H groups in total. The van der Waals surface area contributed by atoms with Crippen LogP contribution in [-0.4, -0.2) is 119 Å². The number of rotatable bonds is 13. The summed E-state index contributed by atoms with van der Waals surface area (Å²) in [4.78, 5) is 35.4. The third kappa shape index (κ3) is 9.95. The number of ether oxygens (including phenoxy) is 2. The lowest BCUT2D eigenvalue weighted by molar-refractivity contribution is -0.127. The van der Waals surface area contributed by atoms with Crippen molar-refractivity contribution in [2.24, 2.45) is 0 Å². The molecule has 0 radical (unpaired) electrons. The maximum Gasteiger partial charge on any atom is 0.246 e. The first kappa shape index (κ1) is 49.2. The standard InChI is InChI=1S/C55H48Cl2F2N8O5S/c1-4-47(69)64-18-22-66(23-19-64)53-39-30-43(56)41(50-45(58)14-8-15-46(50)68)29-40(39)54(61-60-53)72-35-12-7-10-33(26-35)32-63(2)17-9-16-48(70)65-20-24-67(25-21-65)55-42-31-44(57)49(51(59)52(42)62-73-55)38-28-36(71-3)27-34-11-5-6-13-37(34)38/h4-16,26-31,68H,1,17-25,32H2,2-3H3/b16-9+. The highest BCUT2D eigenvalue weighted by molar-refractivity contribution is 7.11. The third-order valence-corrected chi connectivity index (χ3v) is 14.8. The lowest BCUT2D eigenvalue weighted by atomic mass is 9.96. The Hall–Kier alpha value is -7.37. The van der Waals surface area contributed by atoms with Crippen molar-refractivity contribution >= 4 is 89.8 Å². The van der Waals surface area contributed by atoms with Crippen molar-refractivity contribution in [3.8, 4) is 45.4 Å². The Labute approximate surface area is 433 Å². The molecule has 0 bridgehead atoms. The van der Waals surface area contributed by atoms with Crippen molar-refractivity contribution in [1.29, 1.82) is 0 Å². The van der Waals surface area contributed by atoms with Gasteiger partial charge in [0.15, 0.2) is 11.6 Å². The zero-order valence-electron chi connectivity index (χ0n) is 39.8. The zero-order chi connectivity index (χ0) is 50.9. The average molecular weight is 1040 g/mol. The van der Waals surface area contributed by atoms with Crippen molar-refractivity contribution < 1.29 is 33.0 Å². The van der Waals surface area contributed by atoms with Gasteiger partial charge in [0, 0.05) is 98.4 Å². The van der Waals surface area contributed by atoms with Crippen LogP contribution in [0.2, 0.25) is 10.0 Å². The molecule has 0 spiro atoms. The van der Waals surface area contributed by atoms with E-state index in [-0.39, 0.29) is 55.7 Å². The van der Waals surface area contributed by atoms with E-state index in [2.05, 4.69) is 30.9 Å². The smallest absolute Gasteiger partial charge is 0.246 e. The first-order valence-electron chi connectivity index (χ1n) is 23.5. The van der Waals surface area contributed by atoms with Crippen molar-refractivity contribution in [2.75, 3.05) is 82.9 Å². The van der Waals surface area contributed by atoms with Gasteiger partial charge in [0.25, 0.3) is 0 Å². The monoisotopic (exact) mass is 1040 g/mol. The van der Waals surface area contributed by atoms with E-state index in [0.29, 0.717) is 104 Å². The molecule has 2 aliphatic heterocycles. The molecule has 13 nitrogen and oxygen atoms in total. The molecule has 0 atom stereocenters. The van der Waals surface area contributed by atoms with Crippen molar-refractivity contribution in [2.45, 2.75) is 6.54 Å². The molecule has 2 saturated heterocycles. The molecule has 0 saturated carbocycles. The van der Waals surface area contributed by atoms with Crippen molar-refractivity contribution in [3.63, 3.8) is 0 Å². The fraction of sp³-hybridized carbons (Fsp3) is 0.218. The van der Waals surface area contributed by atoms with Gasteiger partial charge in [-0.1, -0.05) is 78.3 Å². The second-order valence-electron chi connectivity index (χ2n) is 17.8. The van der Waals surface area contributed by atoms with E-state index in [4.69, 9.17) is 32.7 Å². The Morgan fingerprint density at radius 2 is 1.49 bits per heavy atom. The number of halogens is 4. The molecule has 372 valence electrons. The molecular formula is C55H48Cl2F2N8O5S. The average Bonchev–Trinajstić information content (AvgIpc) is 3.82. The van der Waals surface area contributed by atoms with Gasteiger partial charge in [-0.25, -0.2) is 8.78 Å². The topological polar surface area (TPSA) is 128 Å². The number of phenolic OH excluding ortho intramolecular Hbond substituents is 1. The molecule has 73 heavy (non-hydrogen) atoms. The molecule has 2 amide bonds. The number of methoxy groups -OCH3 is 1. The van der Waals surface area contributed by atoms with Gasteiger partial charge in [-0.15, -0.1) is 10.2 Å². The lowest BCUT2D eigenvalue weighted by Gasteiger charge is -2.35. The summed E-state index contributed by atoms with van der Waals surface area (Å²) in [6.07, 6.45) is 4.74. The SMILES string of the molecule is C=CC(=O)N1CCN(c2nnc(Oc3cccc(CN(C)C/C=C/C(=O)N4CCN(c5snc6c(F)c(-c7cc(OC)cc8ccccc78)c(Cl)cc56)CC4)c3)c3cc(-c4c(O)cccc4F)c(Cl)cc23)CC1. The summed E-state index contributed by atoms with van der Waals surface area (Å²) in [6.45, 7) is 8.53. The van der Waals surface area contributed by atoms with E-state index in [9.17, 15) is 14.7 Å². The molecule has 6 aromatic carbocycles. The van der Waals surface area contributed by atoms with Crippen LogP contribution < -0.4 is 19.3 Å². The Kier molecular flexibility index (Phi) is 14.2. The number of anilines is 2. The lowest BCUT2D eigenvalue weighted by Crippen LogP contribution is -2.48. The summed E-state index contributed by atoms with van der Waals surface area (Å²) in [7, 11) is 3.53. The van der Waals surface area contributed by atoms with E-state index < -0.39 is 11.6 Å².